The van der Waals surface area contributed by atoms with Crippen LogP contribution in [0.2, 0.25) is 0 Å². The molecule has 7 fully saturated rings. The minimum Gasteiger partial charge on any atom is -0.382 e. The van der Waals surface area contributed by atoms with E-state index in [1.807, 2.05) is 0 Å². The topological polar surface area (TPSA) is 731 Å². The third kappa shape index (κ3) is 26.9. The van der Waals surface area contributed by atoms with E-state index in [-0.39, 0.29) is 88.9 Å². The Kier molecular flexibility index (Phi) is 34.7. The summed E-state index contributed by atoms with van der Waals surface area (Å²) in [6.07, 6.45) is -20.2. The molecule has 143 heavy (non-hydrogen) atoms. The van der Waals surface area contributed by atoms with E-state index in [0.29, 0.717) is 0 Å². The summed E-state index contributed by atoms with van der Waals surface area (Å²) in [6.45, 7) is -26.5. The Morgan fingerprint density at radius 3 is 0.811 bits per heavy atom. The maximum atomic E-state index is 14.8. The van der Waals surface area contributed by atoms with Crippen molar-refractivity contribution in [3.63, 3.8) is 0 Å². The first-order chi connectivity index (χ1) is 67.1. The van der Waals surface area contributed by atoms with Crippen LogP contribution in [-0.2, 0) is 172 Å². The van der Waals surface area contributed by atoms with Gasteiger partial charge in [0.2, 0.25) is 0 Å². The van der Waals surface area contributed by atoms with E-state index in [1.165, 1.54) is 77.2 Å². The highest BCUT2D eigenvalue weighted by Crippen LogP contribution is 2.60. The quantitative estimate of drug-likeness (QED) is 0.0186. The highest BCUT2D eigenvalue weighted by Gasteiger charge is 2.52. The summed E-state index contributed by atoms with van der Waals surface area (Å²) in [4.78, 5) is 251. The van der Waals surface area contributed by atoms with E-state index >= 15 is 0 Å². The monoisotopic (exact) mass is 2280 g/mol. The molecule has 8 aromatic heterocycles. The lowest BCUT2D eigenvalue weighted by atomic mass is 10.1. The van der Waals surface area contributed by atoms with Gasteiger partial charge in [-0.05, 0) is 119 Å². The molecule has 7 saturated heterocycles. The Bertz CT molecular complexity index is 7320. The number of ether oxygens (including phenoxy) is 7. The van der Waals surface area contributed by atoms with Crippen LogP contribution in [0.5, 0.6) is 0 Å². The molecule has 0 saturated carbocycles. The van der Waals surface area contributed by atoms with Crippen molar-refractivity contribution in [2.75, 3.05) is 52.5 Å². The van der Waals surface area contributed by atoms with E-state index in [1.54, 1.807) is 6.92 Å². The van der Waals surface area contributed by atoms with Gasteiger partial charge in [-0.1, -0.05) is 19.2 Å². The number of fused-ring (bicyclic) bond motifs is 1. The van der Waals surface area contributed by atoms with Gasteiger partial charge >= 0.3 is 81.2 Å². The number of nitrogens with one attached hydrogen (secondary N) is 6. The fourth-order valence-corrected chi connectivity index (χ4v) is 26.3. The summed E-state index contributed by atoms with van der Waals surface area (Å²) in [5.41, 5.74) is -2.84. The van der Waals surface area contributed by atoms with Crippen LogP contribution in [-0.4, -0.2) is 238 Å². The summed E-state index contributed by atoms with van der Waals surface area (Å²) in [7, 11) is 1.08. The molecule has 0 radical (unpaired) electrons. The molecule has 8 aromatic rings. The first-order valence-electron chi connectivity index (χ1n) is 43.0. The number of nitrogen functional groups attached to an aromatic ring is 1. The second-order valence-electron chi connectivity index (χ2n) is 33.7. The first-order valence-corrected chi connectivity index (χ1v) is 61.3. The molecule has 28 atom stereocenters. The van der Waals surface area contributed by atoms with Crippen LogP contribution in [0.25, 0.3) is 11.2 Å². The van der Waals surface area contributed by atoms with Crippen molar-refractivity contribution < 1.29 is 130 Å². The normalized spacial score (nSPS) is 29.7. The maximum Gasteiger partial charge on any atom is 0.386 e. The summed E-state index contributed by atoms with van der Waals surface area (Å²) in [5.74, 6) is -0.0409. The average Bonchev–Trinajstić information content (AvgIpc) is 1.61. The Balaban J connectivity index is 0.636. The number of anilines is 1. The third-order valence-corrected chi connectivity index (χ3v) is 34.9. The smallest absolute Gasteiger partial charge is 0.382 e. The predicted octanol–water partition coefficient (Wildman–Crippen LogP) is 0.764. The molecule has 71 heteroatoms. The summed E-state index contributed by atoms with van der Waals surface area (Å²) in [5, 5.41) is 0. The number of aromatic nitrogens is 16. The minimum absolute atomic E-state index is 0.0277. The summed E-state index contributed by atoms with van der Waals surface area (Å²) >= 11 is 37.4. The molecule has 0 aliphatic carbocycles. The molecule has 7 aliphatic rings. The lowest BCUT2D eigenvalue weighted by Gasteiger charge is -2.28. The summed E-state index contributed by atoms with van der Waals surface area (Å²) < 4.78 is 149. The van der Waals surface area contributed by atoms with E-state index in [9.17, 15) is 91.5 Å². The zero-order valence-corrected chi connectivity index (χ0v) is 87.8. The van der Waals surface area contributed by atoms with Gasteiger partial charge < -0.3 is 123 Å². The third-order valence-electron chi connectivity index (χ3n) is 23.6. The van der Waals surface area contributed by atoms with Crippen molar-refractivity contribution in [1.82, 2.24) is 76.8 Å². The van der Waals surface area contributed by atoms with Crippen molar-refractivity contribution in [3.8, 4) is 0 Å². The number of imidazole rings is 1. The van der Waals surface area contributed by atoms with Gasteiger partial charge in [-0.2, -0.15) is 0 Å². The maximum absolute atomic E-state index is 14.8. The number of hydrogen-bond acceptors (Lipinski definition) is 44. The van der Waals surface area contributed by atoms with Crippen molar-refractivity contribution >= 4 is 147 Å². The minimum atomic E-state index is -4.83. The molecular formula is C72H96N17O40P7S7. The van der Waals surface area contributed by atoms with Gasteiger partial charge in [0.15, 0.2) is 11.5 Å². The molecule has 14 N–H and O–H groups in total. The summed E-state index contributed by atoms with van der Waals surface area (Å²) in [6, 6.07) is 0. The zero-order chi connectivity index (χ0) is 104. The largest absolute Gasteiger partial charge is 0.386 e. The van der Waals surface area contributed by atoms with Gasteiger partial charge in [0.05, 0.1) is 88.7 Å². The van der Waals surface area contributed by atoms with Crippen molar-refractivity contribution in [3.05, 3.63) is 208 Å². The molecule has 7 unspecified atom stereocenters. The Labute approximate surface area is 838 Å². The molecule has 0 amide bonds. The Hall–Kier alpha value is -6.17. The van der Waals surface area contributed by atoms with Crippen molar-refractivity contribution in [2.24, 2.45) is 0 Å². The second kappa shape index (κ2) is 44.8. The number of hydrogen-bond donors (Lipinski definition) is 14. The van der Waals surface area contributed by atoms with Crippen molar-refractivity contribution in [1.29, 1.82) is 0 Å². The lowest BCUT2D eigenvalue weighted by Crippen LogP contribution is -2.33. The van der Waals surface area contributed by atoms with Crippen molar-refractivity contribution in [2.45, 2.75) is 229 Å². The Morgan fingerprint density at radius 2 is 0.566 bits per heavy atom. The number of nitrogens with zero attached hydrogens (tertiary/aromatic N) is 10. The number of rotatable bonds is 41. The zero-order valence-electron chi connectivity index (χ0n) is 75.8. The van der Waals surface area contributed by atoms with Crippen LogP contribution in [0.15, 0.2) is 107 Å². The molecule has 786 valence electrons. The highest BCUT2D eigenvalue weighted by atomic mass is 32.7. The molecular weight excluding hydrogens is 2180 g/mol. The molecule has 15 heterocycles. The number of H-pyrrole nitrogens is 6. The molecule has 0 aromatic carbocycles. The number of aryl methyl sites for hydroxylation is 6. The number of aromatic amines is 6. The predicted molar refractivity (Wildman–Crippen MR) is 519 cm³/mol. The molecule has 15 rings (SSSR count). The number of nitrogens with two attached hydrogens (primary N) is 1. The van der Waals surface area contributed by atoms with E-state index in [4.69, 9.17) is 173 Å². The first kappa shape index (κ1) is 111. The van der Waals surface area contributed by atoms with E-state index in [0.717, 1.165) is 53.2 Å². The fraction of sp³-hybridized carbons (Fsp3) is 0.597. The van der Waals surface area contributed by atoms with Crippen LogP contribution in [0.4, 0.5) is 5.82 Å². The second-order valence-corrected chi connectivity index (χ2v) is 53.4. The van der Waals surface area contributed by atoms with Gasteiger partial charge in [-0.15, -0.1) is 0 Å². The van der Waals surface area contributed by atoms with Gasteiger partial charge in [-0.3, -0.25) is 99.7 Å². The molecule has 57 nitrogen and oxygen atoms in total. The van der Waals surface area contributed by atoms with Gasteiger partial charge in [0.25, 0.3) is 33.4 Å². The van der Waals surface area contributed by atoms with Gasteiger partial charge in [0.1, 0.15) is 98.2 Å². The van der Waals surface area contributed by atoms with E-state index in [2.05, 4.69) is 57.1 Å². The van der Waals surface area contributed by atoms with Crippen LogP contribution in [0, 0.1) is 41.5 Å². The van der Waals surface area contributed by atoms with Gasteiger partial charge in [0, 0.05) is 123 Å². The molecule has 0 bridgehead atoms. The standard InChI is InChI=1S/C72H96N17O40P7S7/c1-9-37-38(10-51(116-37)83-17-31(2)61(90)77-67(83)96)124-131(103,138)110-24-46-40(12-53(118-46)85-19-33(4)63(92)79-69(85)98)126-133(105,140)112-26-48-43(15-56(120-48)88-22-36(7)66(95)82-72(88)101)128-135(107,142)115-28-50-44(16-57(122-50)89-30-76-58-59(73)74-29-75-60(58)89)129-136(108,143)114-27-49-42(14-55(121-49)87-21-35(6)65(94)81-71(87)100)127-134(106,141)113-25-47-41(13-54(119-47)86-20-34(5)64(93)80-70(86)99)125-132(104,139)111-23-45-39(123-130(102,137)109-8)11-52(117-45)84-18-32(3)62(91)78-68(84)97/h17-22,29-30,37-57H,9-16,23-28H2,1-8H3,(H,102,137)(H,103,138)(H,104,139)(H,105,140)(H,106,141)(H,107,142)(H,108,143)(H2,73,74,75)(H,77,90,96)(H,78,91,97)(H,79,92,98)(H,80,93,99)(H,81,94,100)(H,82,95,101)/t37-,38-,39-,40-,41-,42-,43-,44-,45-,46-,47-,48-,49-,50-,51-,52-,53-,54-,55-,56-,57-,130?,131?,132?,133?,134?,135?,136?/m1/s1. The fourth-order valence-electron chi connectivity index (χ4n) is 16.4. The van der Waals surface area contributed by atoms with Gasteiger partial charge in [-0.25, -0.2) is 48.3 Å². The van der Waals surface area contributed by atoms with Crippen LogP contribution >= 0.6 is 59.4 Å². The average molecular weight is 2280 g/mol. The molecule has 7 aliphatic heterocycles. The van der Waals surface area contributed by atoms with Crippen LogP contribution in [0.1, 0.15) is 135 Å². The van der Waals surface area contributed by atoms with E-state index < -0.39 is 296 Å². The molecule has 0 spiro atoms. The SMILES string of the molecule is CC[C@H]1O[C@@H](n2cc(C)c(=O)[nH]c2=O)C[C@H]1OP(O)(=S)OC[C@H]1O[C@@H](n2cc(C)c(=O)[nH]c2=O)C[C@H]1OP(=O)(S)OC[C@H]1O[C@@H](n2cc(C)c(=O)[nH]c2=O)C[C@H]1OP(O)(=S)OC[C@H]1O[C@@H](n2cnc3c(N)ncnc32)C[C@H]1OP(O)(=S)OC[C@H]1O[C@@H](n2cc(C)c(=O)[nH]c2=O)C[C@H]1OP(O)(=S)OC[C@H]1O[C@@H](n2cc(C)c(=O)[nH]c2=O)C[C@H]1OP(O)(=S)OC[C@H]1O[C@@H](n2cc(C)c(=O)[nH]c2=O)C[C@H]1OP(O)(=S)OC. The van der Waals surface area contributed by atoms with Crippen LogP contribution < -0.4 is 73.2 Å². The van der Waals surface area contributed by atoms with Crippen LogP contribution in [0.3, 0.4) is 0 Å². The Morgan fingerprint density at radius 1 is 0.350 bits per heavy atom. The number of thiol groups is 1. The highest BCUT2D eigenvalue weighted by molar-refractivity contribution is 8.44. The lowest BCUT2D eigenvalue weighted by molar-refractivity contribution is -0.0574.